The fraction of sp³-hybridized carbons (Fsp3) is 0.633. The van der Waals surface area contributed by atoms with Gasteiger partial charge in [0.25, 0.3) is 0 Å². The van der Waals surface area contributed by atoms with Gasteiger partial charge in [0.05, 0.1) is 42.7 Å². The molecule has 5 aliphatic rings. The molecule has 46 heavy (non-hydrogen) atoms. The van der Waals surface area contributed by atoms with E-state index in [2.05, 4.69) is 25.3 Å². The average Bonchev–Trinajstić information content (AvgIpc) is 3.66. The number of alkyl halides is 3. The minimum absolute atomic E-state index is 0.0311. The molecule has 1 saturated carbocycles. The van der Waals surface area contributed by atoms with Crippen LogP contribution < -0.4 is 10.2 Å². The van der Waals surface area contributed by atoms with Crippen molar-refractivity contribution in [2.24, 2.45) is 11.8 Å². The zero-order chi connectivity index (χ0) is 31.6. The van der Waals surface area contributed by atoms with Gasteiger partial charge in [0.2, 0.25) is 17.8 Å². The summed E-state index contributed by atoms with van der Waals surface area (Å²) in [5.41, 5.74) is 2.21. The highest BCUT2D eigenvalue weighted by molar-refractivity contribution is 5.82. The predicted octanol–water partition coefficient (Wildman–Crippen LogP) is 1.98. The molecule has 1 aliphatic carbocycles. The molecule has 16 heteroatoms. The van der Waals surface area contributed by atoms with Gasteiger partial charge in [-0.3, -0.25) is 19.2 Å². The smallest absolute Gasteiger partial charge is 0.378 e. The van der Waals surface area contributed by atoms with Crippen molar-refractivity contribution < 1.29 is 27.5 Å². The summed E-state index contributed by atoms with van der Waals surface area (Å²) >= 11 is 0. The lowest BCUT2D eigenvalue weighted by Gasteiger charge is -2.45. The highest BCUT2D eigenvalue weighted by atomic mass is 19.4. The maximum absolute atomic E-state index is 13.2. The number of hydrogen-bond donors (Lipinski definition) is 1. The molecule has 0 radical (unpaired) electrons. The summed E-state index contributed by atoms with van der Waals surface area (Å²) in [4.78, 5) is 39.2. The van der Waals surface area contributed by atoms with Crippen LogP contribution in [0.15, 0.2) is 30.7 Å². The van der Waals surface area contributed by atoms with Gasteiger partial charge in [-0.05, 0) is 37.8 Å². The Labute approximate surface area is 263 Å². The zero-order valence-corrected chi connectivity index (χ0v) is 25.3. The number of anilines is 3. The van der Waals surface area contributed by atoms with Crippen LogP contribution in [0.5, 0.6) is 0 Å². The maximum Gasteiger partial charge on any atom is 0.391 e. The van der Waals surface area contributed by atoms with Crippen LogP contribution in [0.4, 0.5) is 30.5 Å². The minimum atomic E-state index is -4.22. The number of rotatable bonds is 7. The fourth-order valence-electron chi connectivity index (χ4n) is 7.60. The number of nitrogens with one attached hydrogen (secondary N) is 1. The molecule has 0 aromatic carbocycles. The number of piperazine rings is 2. The lowest BCUT2D eigenvalue weighted by molar-refractivity contribution is -0.207. The lowest BCUT2D eigenvalue weighted by atomic mass is 9.73. The fourth-order valence-corrected chi connectivity index (χ4v) is 7.60. The van der Waals surface area contributed by atoms with Crippen molar-refractivity contribution in [3.8, 4) is 0 Å². The third-order valence-electron chi connectivity index (χ3n) is 10.4. The number of hydrogen-bond acceptors (Lipinski definition) is 9. The van der Waals surface area contributed by atoms with Crippen molar-refractivity contribution in [3.05, 3.63) is 30.7 Å². The third kappa shape index (κ3) is 5.44. The molecular formula is C30H37F3N10O3. The van der Waals surface area contributed by atoms with Gasteiger partial charge >= 0.3 is 6.18 Å². The van der Waals surface area contributed by atoms with E-state index in [1.165, 1.54) is 0 Å². The van der Waals surface area contributed by atoms with E-state index in [0.717, 1.165) is 44.8 Å². The average molecular weight is 643 g/mol. The summed E-state index contributed by atoms with van der Waals surface area (Å²) in [6, 6.07) is 4.29. The predicted molar refractivity (Wildman–Crippen MR) is 159 cm³/mol. The number of nitrogens with zero attached hydrogens (tertiary/aromatic N) is 9. The number of halogens is 3. The van der Waals surface area contributed by atoms with E-state index in [-0.39, 0.29) is 43.3 Å². The molecular weight excluding hydrogens is 605 g/mol. The highest BCUT2D eigenvalue weighted by Crippen LogP contribution is 2.47. The first-order chi connectivity index (χ1) is 22.2. The maximum atomic E-state index is 13.2. The first-order valence-electron chi connectivity index (χ1n) is 16.1. The molecule has 3 aromatic rings. The molecule has 5 fully saturated rings. The van der Waals surface area contributed by atoms with Gasteiger partial charge in [-0.1, -0.05) is 0 Å². The van der Waals surface area contributed by atoms with Crippen LogP contribution in [0.2, 0.25) is 0 Å². The van der Waals surface area contributed by atoms with E-state index in [1.807, 2.05) is 28.1 Å². The summed E-state index contributed by atoms with van der Waals surface area (Å²) in [5.74, 6) is -1.59. The van der Waals surface area contributed by atoms with Crippen LogP contribution in [0.3, 0.4) is 0 Å². The molecule has 7 heterocycles. The summed E-state index contributed by atoms with van der Waals surface area (Å²) in [6.45, 7) is 6.01. The molecule has 3 aromatic heterocycles. The van der Waals surface area contributed by atoms with Crippen molar-refractivity contribution in [1.82, 2.24) is 39.1 Å². The Hall–Kier alpha value is -3.92. The molecule has 4 saturated heterocycles. The van der Waals surface area contributed by atoms with Crippen molar-refractivity contribution >= 4 is 34.8 Å². The first kappa shape index (κ1) is 29.5. The topological polar surface area (TPSA) is 116 Å². The molecule has 1 N–H and O–H groups in total. The number of carbonyl (C=O) groups excluding carboxylic acids is 2. The van der Waals surface area contributed by atoms with Crippen molar-refractivity contribution in [2.45, 2.75) is 56.5 Å². The normalized spacial score (nSPS) is 27.2. The Morgan fingerprint density at radius 1 is 1.02 bits per heavy atom. The van der Waals surface area contributed by atoms with Gasteiger partial charge in [-0.2, -0.15) is 23.3 Å². The van der Waals surface area contributed by atoms with Gasteiger partial charge in [0, 0.05) is 69.7 Å². The Bertz CT molecular complexity index is 1590. The molecule has 8 rings (SSSR count). The van der Waals surface area contributed by atoms with Crippen LogP contribution in [0.1, 0.15) is 25.7 Å². The Morgan fingerprint density at radius 2 is 1.76 bits per heavy atom. The van der Waals surface area contributed by atoms with Gasteiger partial charge < -0.3 is 24.8 Å². The van der Waals surface area contributed by atoms with E-state index in [0.29, 0.717) is 49.5 Å². The second kappa shape index (κ2) is 11.4. The van der Waals surface area contributed by atoms with Crippen LogP contribution in [-0.4, -0.2) is 128 Å². The molecule has 2 atom stereocenters. The standard InChI is InChI=1S/C30H37F3N10O3/c31-30(32,33)20-10-19(11-20)28(45)43-22-3-4-23(43)15-40(14-22)25-2-1-5-42-27(25)36-29(37-42)35-21-12-34-41(13-21)16-26(44)39-8-6-38(7-9-39)24-17-46-18-24/h1-2,5,12-13,19-20,22-24H,3-4,6-11,14-18H2,(H,35,37). The summed E-state index contributed by atoms with van der Waals surface area (Å²) in [5, 5.41) is 12.2. The molecule has 2 bridgehead atoms. The van der Waals surface area contributed by atoms with Gasteiger partial charge in [-0.15, -0.1) is 5.10 Å². The number of amides is 2. The number of aromatic nitrogens is 5. The van der Waals surface area contributed by atoms with E-state index in [9.17, 15) is 22.8 Å². The van der Waals surface area contributed by atoms with Gasteiger partial charge in [0.1, 0.15) is 6.54 Å². The largest absolute Gasteiger partial charge is 0.391 e. The Morgan fingerprint density at radius 3 is 2.43 bits per heavy atom. The number of carbonyl (C=O) groups is 2. The van der Waals surface area contributed by atoms with E-state index < -0.39 is 18.0 Å². The summed E-state index contributed by atoms with van der Waals surface area (Å²) in [7, 11) is 0. The number of pyridine rings is 1. The van der Waals surface area contributed by atoms with Gasteiger partial charge in [-0.25, -0.2) is 4.52 Å². The SMILES string of the molecule is O=C(Cn1cc(Nc2nc3c(N4CC5CCC(C4)N5C(=O)C4CC(C(F)(F)F)C4)cccn3n2)cn1)N1CCN(C2COC2)CC1. The van der Waals surface area contributed by atoms with Crippen LogP contribution in [-0.2, 0) is 20.9 Å². The van der Waals surface area contributed by atoms with E-state index in [4.69, 9.17) is 9.72 Å². The third-order valence-corrected chi connectivity index (χ3v) is 10.4. The Kier molecular flexibility index (Phi) is 7.31. The molecule has 2 unspecified atom stereocenters. The number of fused-ring (bicyclic) bond motifs is 3. The first-order valence-corrected chi connectivity index (χ1v) is 16.1. The van der Waals surface area contributed by atoms with Crippen LogP contribution >= 0.6 is 0 Å². The minimum Gasteiger partial charge on any atom is -0.378 e. The van der Waals surface area contributed by atoms with Crippen molar-refractivity contribution in [1.29, 1.82) is 0 Å². The van der Waals surface area contributed by atoms with Crippen LogP contribution in [0, 0.1) is 11.8 Å². The second-order valence-corrected chi connectivity index (χ2v) is 13.2. The summed E-state index contributed by atoms with van der Waals surface area (Å²) in [6.07, 6.45) is 2.48. The van der Waals surface area contributed by atoms with E-state index in [1.54, 1.807) is 21.6 Å². The molecule has 0 spiro atoms. The van der Waals surface area contributed by atoms with Gasteiger partial charge in [0.15, 0.2) is 5.65 Å². The van der Waals surface area contributed by atoms with E-state index >= 15 is 0 Å². The van der Waals surface area contributed by atoms with Crippen molar-refractivity contribution in [2.75, 3.05) is 62.7 Å². The summed E-state index contributed by atoms with van der Waals surface area (Å²) < 4.78 is 47.6. The zero-order valence-electron chi connectivity index (χ0n) is 25.3. The molecule has 246 valence electrons. The molecule has 2 amide bonds. The Balaban J connectivity index is 0.889. The monoisotopic (exact) mass is 642 g/mol. The lowest BCUT2D eigenvalue weighted by Crippen LogP contribution is -2.58. The quantitative estimate of drug-likeness (QED) is 0.413. The molecule has 13 nitrogen and oxygen atoms in total. The number of ether oxygens (including phenoxy) is 1. The molecule has 4 aliphatic heterocycles. The van der Waals surface area contributed by atoms with Crippen molar-refractivity contribution in [3.63, 3.8) is 0 Å². The highest BCUT2D eigenvalue weighted by Gasteiger charge is 2.53. The second-order valence-electron chi connectivity index (χ2n) is 13.2. The van der Waals surface area contributed by atoms with Crippen LogP contribution in [0.25, 0.3) is 5.65 Å².